The molecule has 1 aromatic carbocycles. The maximum absolute atomic E-state index is 6.08. The highest BCUT2D eigenvalue weighted by molar-refractivity contribution is 6.30. The molecule has 1 unspecified atom stereocenters. The number of nitrogens with zero attached hydrogens (tertiary/aromatic N) is 2. The highest BCUT2D eigenvalue weighted by Gasteiger charge is 2.25. The van der Waals surface area contributed by atoms with E-state index in [4.69, 9.17) is 17.3 Å². The minimum absolute atomic E-state index is 0.285. The Morgan fingerprint density at radius 1 is 1.16 bits per heavy atom. The fourth-order valence-electron chi connectivity index (χ4n) is 2.78. The predicted octanol–water partition coefficient (Wildman–Crippen LogP) is 2.37. The van der Waals surface area contributed by atoms with E-state index in [1.165, 1.54) is 5.56 Å². The van der Waals surface area contributed by atoms with Gasteiger partial charge in [0.15, 0.2) is 0 Å². The monoisotopic (exact) mass is 281 g/mol. The lowest BCUT2D eigenvalue weighted by molar-refractivity contribution is 0.0802. The minimum Gasteiger partial charge on any atom is -0.329 e. The molecule has 106 valence electrons. The van der Waals surface area contributed by atoms with E-state index < -0.39 is 0 Å². The fraction of sp³-hybridized carbons (Fsp3) is 0.600. The molecule has 1 aliphatic rings. The van der Waals surface area contributed by atoms with Crippen LogP contribution in [-0.2, 0) is 0 Å². The van der Waals surface area contributed by atoms with Crippen molar-refractivity contribution in [2.24, 2.45) is 5.73 Å². The standard InChI is InChI=1S/C15H24ClN3/c1-12(2)18-6-8-19(9-7-18)15(11-17)13-4-3-5-14(16)10-13/h3-5,10,12,15H,6-9,11,17H2,1-2H3. The van der Waals surface area contributed by atoms with Gasteiger partial charge in [0.1, 0.15) is 0 Å². The Morgan fingerprint density at radius 3 is 2.32 bits per heavy atom. The summed E-state index contributed by atoms with van der Waals surface area (Å²) in [6.45, 7) is 9.55. The first kappa shape index (κ1) is 14.8. The summed E-state index contributed by atoms with van der Waals surface area (Å²) in [7, 11) is 0. The molecule has 1 fully saturated rings. The first-order valence-corrected chi connectivity index (χ1v) is 7.43. The van der Waals surface area contributed by atoms with Gasteiger partial charge in [-0.25, -0.2) is 0 Å². The van der Waals surface area contributed by atoms with Crippen molar-refractivity contribution in [3.8, 4) is 0 Å². The minimum atomic E-state index is 0.285. The van der Waals surface area contributed by atoms with Crippen molar-refractivity contribution in [1.82, 2.24) is 9.80 Å². The van der Waals surface area contributed by atoms with Crippen LogP contribution in [0.25, 0.3) is 0 Å². The highest BCUT2D eigenvalue weighted by Crippen LogP contribution is 2.24. The lowest BCUT2D eigenvalue weighted by Crippen LogP contribution is -2.50. The average molecular weight is 282 g/mol. The first-order valence-electron chi connectivity index (χ1n) is 7.05. The van der Waals surface area contributed by atoms with E-state index in [2.05, 4.69) is 29.7 Å². The summed E-state index contributed by atoms with van der Waals surface area (Å²) in [6, 6.07) is 8.99. The van der Waals surface area contributed by atoms with Crippen molar-refractivity contribution in [3.05, 3.63) is 34.9 Å². The van der Waals surface area contributed by atoms with Crippen LogP contribution < -0.4 is 5.73 Å². The molecule has 4 heteroatoms. The normalized spacial score (nSPS) is 19.8. The van der Waals surface area contributed by atoms with Crippen molar-refractivity contribution < 1.29 is 0 Å². The molecule has 1 atom stereocenters. The third-order valence-corrected chi connectivity index (χ3v) is 4.21. The molecular formula is C15H24ClN3. The van der Waals surface area contributed by atoms with E-state index in [-0.39, 0.29) is 6.04 Å². The van der Waals surface area contributed by atoms with Gasteiger partial charge in [0, 0.05) is 49.8 Å². The van der Waals surface area contributed by atoms with E-state index in [1.54, 1.807) is 0 Å². The molecule has 0 amide bonds. The second kappa shape index (κ2) is 6.71. The number of hydrogen-bond donors (Lipinski definition) is 1. The van der Waals surface area contributed by atoms with E-state index in [0.29, 0.717) is 12.6 Å². The van der Waals surface area contributed by atoms with E-state index in [0.717, 1.165) is 31.2 Å². The van der Waals surface area contributed by atoms with Crippen LogP contribution >= 0.6 is 11.6 Å². The summed E-state index contributed by atoms with van der Waals surface area (Å²) in [5, 5.41) is 0.789. The highest BCUT2D eigenvalue weighted by atomic mass is 35.5. The zero-order valence-electron chi connectivity index (χ0n) is 11.8. The van der Waals surface area contributed by atoms with Gasteiger partial charge in [0.2, 0.25) is 0 Å². The molecule has 1 aliphatic heterocycles. The number of benzene rings is 1. The van der Waals surface area contributed by atoms with Crippen LogP contribution in [0.3, 0.4) is 0 Å². The Balaban J connectivity index is 2.03. The summed E-state index contributed by atoms with van der Waals surface area (Å²) >= 11 is 6.08. The predicted molar refractivity (Wildman–Crippen MR) is 81.5 cm³/mol. The summed E-state index contributed by atoms with van der Waals surface area (Å²) in [5.74, 6) is 0. The quantitative estimate of drug-likeness (QED) is 0.920. The van der Waals surface area contributed by atoms with E-state index in [9.17, 15) is 0 Å². The molecule has 3 nitrogen and oxygen atoms in total. The van der Waals surface area contributed by atoms with Crippen LogP contribution in [0.1, 0.15) is 25.5 Å². The zero-order valence-corrected chi connectivity index (χ0v) is 12.6. The van der Waals surface area contributed by atoms with Crippen LogP contribution in [0.4, 0.5) is 0 Å². The molecule has 19 heavy (non-hydrogen) atoms. The van der Waals surface area contributed by atoms with Crippen LogP contribution in [-0.4, -0.2) is 48.6 Å². The van der Waals surface area contributed by atoms with Gasteiger partial charge in [-0.05, 0) is 31.5 Å². The Labute approximate surface area is 121 Å². The number of piperazine rings is 1. The molecular weight excluding hydrogens is 258 g/mol. The average Bonchev–Trinajstić information content (AvgIpc) is 2.40. The van der Waals surface area contributed by atoms with Gasteiger partial charge >= 0.3 is 0 Å². The molecule has 2 rings (SSSR count). The Hall–Kier alpha value is -0.610. The van der Waals surface area contributed by atoms with Crippen LogP contribution in [0.15, 0.2) is 24.3 Å². The number of rotatable bonds is 4. The zero-order chi connectivity index (χ0) is 13.8. The summed E-state index contributed by atoms with van der Waals surface area (Å²) < 4.78 is 0. The summed E-state index contributed by atoms with van der Waals surface area (Å²) in [5.41, 5.74) is 7.21. The third kappa shape index (κ3) is 3.69. The molecule has 1 aromatic rings. The van der Waals surface area contributed by atoms with Crippen molar-refractivity contribution >= 4 is 11.6 Å². The summed E-state index contributed by atoms with van der Waals surface area (Å²) in [6.07, 6.45) is 0. The third-order valence-electron chi connectivity index (χ3n) is 3.98. The van der Waals surface area contributed by atoms with Gasteiger partial charge in [-0.15, -0.1) is 0 Å². The maximum Gasteiger partial charge on any atom is 0.0472 e. The largest absolute Gasteiger partial charge is 0.329 e. The molecule has 0 aliphatic carbocycles. The fourth-order valence-corrected chi connectivity index (χ4v) is 2.97. The smallest absolute Gasteiger partial charge is 0.0472 e. The molecule has 0 spiro atoms. The van der Waals surface area contributed by atoms with Crippen LogP contribution in [0.5, 0.6) is 0 Å². The molecule has 0 saturated carbocycles. The van der Waals surface area contributed by atoms with E-state index in [1.807, 2.05) is 18.2 Å². The van der Waals surface area contributed by atoms with Gasteiger partial charge in [0.25, 0.3) is 0 Å². The van der Waals surface area contributed by atoms with Crippen LogP contribution in [0, 0.1) is 0 Å². The lowest BCUT2D eigenvalue weighted by Gasteiger charge is -2.40. The number of nitrogens with two attached hydrogens (primary N) is 1. The SMILES string of the molecule is CC(C)N1CCN(C(CN)c2cccc(Cl)c2)CC1. The van der Waals surface area contributed by atoms with Crippen molar-refractivity contribution in [1.29, 1.82) is 0 Å². The van der Waals surface area contributed by atoms with Gasteiger partial charge in [-0.1, -0.05) is 23.7 Å². The molecule has 0 radical (unpaired) electrons. The summed E-state index contributed by atoms with van der Waals surface area (Å²) in [4.78, 5) is 4.99. The van der Waals surface area contributed by atoms with Crippen molar-refractivity contribution in [3.63, 3.8) is 0 Å². The molecule has 0 bridgehead atoms. The number of hydrogen-bond acceptors (Lipinski definition) is 3. The van der Waals surface area contributed by atoms with Gasteiger partial charge in [-0.3, -0.25) is 9.80 Å². The maximum atomic E-state index is 6.08. The molecule has 1 saturated heterocycles. The topological polar surface area (TPSA) is 32.5 Å². The first-order chi connectivity index (χ1) is 9.11. The van der Waals surface area contributed by atoms with Gasteiger partial charge in [0.05, 0.1) is 0 Å². The molecule has 0 aromatic heterocycles. The van der Waals surface area contributed by atoms with Crippen molar-refractivity contribution in [2.75, 3.05) is 32.7 Å². The Morgan fingerprint density at radius 2 is 1.79 bits per heavy atom. The number of halogens is 1. The second-order valence-corrected chi connectivity index (χ2v) is 5.91. The van der Waals surface area contributed by atoms with Gasteiger partial charge < -0.3 is 5.73 Å². The Bertz CT molecular complexity index is 400. The Kier molecular flexibility index (Phi) is 5.22. The second-order valence-electron chi connectivity index (χ2n) is 5.47. The van der Waals surface area contributed by atoms with Gasteiger partial charge in [-0.2, -0.15) is 0 Å². The van der Waals surface area contributed by atoms with Crippen molar-refractivity contribution in [2.45, 2.75) is 25.9 Å². The molecule has 2 N–H and O–H groups in total. The van der Waals surface area contributed by atoms with Crippen LogP contribution in [0.2, 0.25) is 5.02 Å². The van der Waals surface area contributed by atoms with E-state index >= 15 is 0 Å². The molecule has 1 heterocycles. The lowest BCUT2D eigenvalue weighted by atomic mass is 10.0.